The highest BCUT2D eigenvalue weighted by molar-refractivity contribution is 9.09. The molecular weight excluding hydrogens is 400 g/mol. The van der Waals surface area contributed by atoms with Gasteiger partial charge in [-0.1, -0.05) is 15.9 Å². The molecule has 1 atom stereocenters. The number of ether oxygens (including phenoxy) is 1. The maximum atomic E-state index is 12.8. The molecule has 0 N–H and O–H groups in total. The summed E-state index contributed by atoms with van der Waals surface area (Å²) in [4.78, 5) is 28.7. The SMILES string of the molecule is C[C@@H]1CN(c2cc(=O)c3cc(C(=O)N(C)C)cc(CCBr)c3o2)CCO1. The third-order valence-corrected chi connectivity index (χ3v) is 4.86. The first-order valence-corrected chi connectivity index (χ1v) is 9.77. The van der Waals surface area contributed by atoms with Gasteiger partial charge in [-0.3, -0.25) is 9.59 Å². The molecule has 1 aliphatic rings. The number of fused-ring (bicyclic) bond motifs is 1. The lowest BCUT2D eigenvalue weighted by atomic mass is 10.0. The molecular formula is C19H23BrN2O4. The van der Waals surface area contributed by atoms with Gasteiger partial charge in [0.2, 0.25) is 0 Å². The van der Waals surface area contributed by atoms with Crippen LogP contribution in [0, 0.1) is 0 Å². The fraction of sp³-hybridized carbons (Fsp3) is 0.474. The maximum absolute atomic E-state index is 12.8. The van der Waals surface area contributed by atoms with E-state index in [0.29, 0.717) is 53.9 Å². The fourth-order valence-corrected chi connectivity index (χ4v) is 3.59. The van der Waals surface area contributed by atoms with Gasteiger partial charge in [-0.25, -0.2) is 0 Å². The van der Waals surface area contributed by atoms with E-state index >= 15 is 0 Å². The molecule has 0 spiro atoms. The van der Waals surface area contributed by atoms with Gasteiger partial charge in [0.05, 0.1) is 18.1 Å². The second-order valence-electron chi connectivity index (χ2n) is 6.73. The summed E-state index contributed by atoms with van der Waals surface area (Å²) in [7, 11) is 3.39. The van der Waals surface area contributed by atoms with Crippen LogP contribution in [0.4, 0.5) is 5.88 Å². The van der Waals surface area contributed by atoms with Gasteiger partial charge in [-0.15, -0.1) is 0 Å². The Morgan fingerprint density at radius 3 is 2.77 bits per heavy atom. The zero-order valence-corrected chi connectivity index (χ0v) is 16.8. The molecule has 7 heteroatoms. The third kappa shape index (κ3) is 3.78. The summed E-state index contributed by atoms with van der Waals surface area (Å²) >= 11 is 3.44. The smallest absolute Gasteiger partial charge is 0.253 e. The monoisotopic (exact) mass is 422 g/mol. The number of nitrogens with zero attached hydrogens (tertiary/aromatic N) is 2. The number of anilines is 1. The van der Waals surface area contributed by atoms with E-state index in [-0.39, 0.29) is 17.4 Å². The Bertz CT molecular complexity index is 878. The molecule has 0 saturated carbocycles. The third-order valence-electron chi connectivity index (χ3n) is 4.46. The molecule has 26 heavy (non-hydrogen) atoms. The number of hydrogen-bond donors (Lipinski definition) is 0. The van der Waals surface area contributed by atoms with E-state index in [1.54, 1.807) is 20.2 Å². The van der Waals surface area contributed by atoms with Gasteiger partial charge in [0, 0.05) is 44.1 Å². The molecule has 1 aromatic heterocycles. The number of halogens is 1. The van der Waals surface area contributed by atoms with E-state index in [4.69, 9.17) is 9.15 Å². The number of aryl methyl sites for hydroxylation is 1. The lowest BCUT2D eigenvalue weighted by Crippen LogP contribution is -2.41. The van der Waals surface area contributed by atoms with Crippen LogP contribution in [-0.2, 0) is 11.2 Å². The molecule has 1 amide bonds. The van der Waals surface area contributed by atoms with Crippen molar-refractivity contribution in [2.24, 2.45) is 0 Å². The molecule has 1 fully saturated rings. The molecule has 140 valence electrons. The van der Waals surface area contributed by atoms with E-state index in [9.17, 15) is 9.59 Å². The summed E-state index contributed by atoms with van der Waals surface area (Å²) < 4.78 is 11.7. The van der Waals surface area contributed by atoms with Crippen molar-refractivity contribution in [3.05, 3.63) is 39.5 Å². The van der Waals surface area contributed by atoms with Crippen molar-refractivity contribution in [1.82, 2.24) is 4.90 Å². The molecule has 2 heterocycles. The molecule has 3 rings (SSSR count). The lowest BCUT2D eigenvalue weighted by Gasteiger charge is -2.31. The average Bonchev–Trinajstić information content (AvgIpc) is 2.61. The van der Waals surface area contributed by atoms with Gasteiger partial charge < -0.3 is 19.0 Å². The quantitative estimate of drug-likeness (QED) is 0.708. The molecule has 1 saturated heterocycles. The van der Waals surface area contributed by atoms with Crippen LogP contribution >= 0.6 is 15.9 Å². The molecule has 0 aliphatic carbocycles. The van der Waals surface area contributed by atoms with Gasteiger partial charge in [0.25, 0.3) is 5.91 Å². The largest absolute Gasteiger partial charge is 0.440 e. The number of amides is 1. The fourth-order valence-electron chi connectivity index (χ4n) is 3.16. The van der Waals surface area contributed by atoms with Gasteiger partial charge in [-0.05, 0) is 31.0 Å². The summed E-state index contributed by atoms with van der Waals surface area (Å²) in [5.74, 6) is 0.424. The Hall–Kier alpha value is -1.86. The second-order valence-corrected chi connectivity index (χ2v) is 7.52. The zero-order chi connectivity index (χ0) is 18.8. The van der Waals surface area contributed by atoms with Gasteiger partial charge >= 0.3 is 0 Å². The Balaban J connectivity index is 2.14. The van der Waals surface area contributed by atoms with Crippen molar-refractivity contribution in [3.8, 4) is 0 Å². The predicted octanol–water partition coefficient (Wildman–Crippen LogP) is 2.66. The predicted molar refractivity (Wildman–Crippen MR) is 106 cm³/mol. The molecule has 0 bridgehead atoms. The van der Waals surface area contributed by atoms with E-state index in [0.717, 1.165) is 5.56 Å². The average molecular weight is 423 g/mol. The van der Waals surface area contributed by atoms with Crippen LogP contribution < -0.4 is 10.3 Å². The van der Waals surface area contributed by atoms with Crippen LogP contribution in [0.2, 0.25) is 0 Å². The minimum atomic E-state index is -0.135. The Morgan fingerprint density at radius 2 is 2.12 bits per heavy atom. The van der Waals surface area contributed by atoms with Crippen LogP contribution in [0.25, 0.3) is 11.0 Å². The van der Waals surface area contributed by atoms with E-state index < -0.39 is 0 Å². The van der Waals surface area contributed by atoms with E-state index in [1.165, 1.54) is 11.0 Å². The first-order chi connectivity index (χ1) is 12.4. The second kappa shape index (κ2) is 7.80. The van der Waals surface area contributed by atoms with Crippen LogP contribution in [-0.4, -0.2) is 56.0 Å². The van der Waals surface area contributed by atoms with Crippen LogP contribution in [0.1, 0.15) is 22.8 Å². The van der Waals surface area contributed by atoms with Crippen molar-refractivity contribution in [1.29, 1.82) is 0 Å². The number of carbonyl (C=O) groups excluding carboxylic acids is 1. The molecule has 2 aromatic rings. The van der Waals surface area contributed by atoms with Gasteiger partial charge in [0.15, 0.2) is 11.3 Å². The minimum absolute atomic E-state index is 0.0897. The Kier molecular flexibility index (Phi) is 5.67. The Labute approximate surface area is 160 Å². The highest BCUT2D eigenvalue weighted by atomic mass is 79.9. The van der Waals surface area contributed by atoms with Crippen molar-refractivity contribution in [2.45, 2.75) is 19.4 Å². The van der Waals surface area contributed by atoms with Gasteiger partial charge in [-0.2, -0.15) is 0 Å². The summed E-state index contributed by atoms with van der Waals surface area (Å²) in [6.07, 6.45) is 0.753. The first-order valence-electron chi connectivity index (χ1n) is 8.65. The number of carbonyl (C=O) groups is 1. The van der Waals surface area contributed by atoms with E-state index in [2.05, 4.69) is 15.9 Å². The number of alkyl halides is 1. The summed E-state index contributed by atoms with van der Waals surface area (Å²) in [5, 5.41) is 1.16. The van der Waals surface area contributed by atoms with Gasteiger partial charge in [0.1, 0.15) is 5.58 Å². The number of morpholine rings is 1. The zero-order valence-electron chi connectivity index (χ0n) is 15.3. The Morgan fingerprint density at radius 1 is 1.35 bits per heavy atom. The number of rotatable bonds is 4. The molecule has 0 radical (unpaired) electrons. The number of hydrogen-bond acceptors (Lipinski definition) is 5. The highest BCUT2D eigenvalue weighted by Crippen LogP contribution is 2.26. The molecule has 1 aromatic carbocycles. The van der Waals surface area contributed by atoms with Crippen LogP contribution in [0.5, 0.6) is 0 Å². The minimum Gasteiger partial charge on any atom is -0.440 e. The standard InChI is InChI=1S/C19H23BrN2O4/c1-12-11-22(6-7-25-12)17-10-16(23)15-9-14(19(24)21(2)3)8-13(4-5-20)18(15)26-17/h8-10,12H,4-7,11H2,1-3H3/t12-/m1/s1. The summed E-state index contributed by atoms with van der Waals surface area (Å²) in [5.41, 5.74) is 1.77. The van der Waals surface area contributed by atoms with Crippen LogP contribution in [0.15, 0.2) is 27.4 Å². The normalized spacial score (nSPS) is 17.5. The van der Waals surface area contributed by atoms with E-state index in [1.807, 2.05) is 17.9 Å². The molecule has 0 unspecified atom stereocenters. The summed E-state index contributed by atoms with van der Waals surface area (Å²) in [6, 6.07) is 4.97. The number of benzene rings is 1. The van der Waals surface area contributed by atoms with Crippen molar-refractivity contribution >= 4 is 38.7 Å². The molecule has 6 nitrogen and oxygen atoms in total. The lowest BCUT2D eigenvalue weighted by molar-refractivity contribution is 0.0517. The first kappa shape index (κ1) is 18.9. The van der Waals surface area contributed by atoms with Crippen molar-refractivity contribution in [3.63, 3.8) is 0 Å². The highest BCUT2D eigenvalue weighted by Gasteiger charge is 2.21. The topological polar surface area (TPSA) is 63.0 Å². The van der Waals surface area contributed by atoms with Crippen molar-refractivity contribution < 1.29 is 13.9 Å². The summed E-state index contributed by atoms with van der Waals surface area (Å²) in [6.45, 7) is 3.97. The maximum Gasteiger partial charge on any atom is 0.253 e. The van der Waals surface area contributed by atoms with Crippen LogP contribution in [0.3, 0.4) is 0 Å². The molecule has 1 aliphatic heterocycles. The van der Waals surface area contributed by atoms with Crippen molar-refractivity contribution in [2.75, 3.05) is 44.0 Å².